The Balaban J connectivity index is 1.13. The first-order valence-electron chi connectivity index (χ1n) is 18.9. The molecule has 0 spiro atoms. The van der Waals surface area contributed by atoms with Crippen LogP contribution in [-0.2, 0) is 25.5 Å². The second-order valence-corrected chi connectivity index (χ2v) is 15.3. The van der Waals surface area contributed by atoms with Gasteiger partial charge < -0.3 is 30.3 Å². The van der Waals surface area contributed by atoms with E-state index in [1.807, 2.05) is 75.1 Å². The van der Waals surface area contributed by atoms with Crippen molar-refractivity contribution in [2.45, 2.75) is 71.4 Å². The topological polar surface area (TPSA) is 181 Å². The van der Waals surface area contributed by atoms with Crippen molar-refractivity contribution in [3.8, 4) is 22.5 Å². The third kappa shape index (κ3) is 10.7. The molecule has 1 saturated carbocycles. The molecule has 1 aliphatic carbocycles. The molecule has 14 nitrogen and oxygen atoms in total. The van der Waals surface area contributed by atoms with Crippen molar-refractivity contribution in [1.82, 2.24) is 36.2 Å². The zero-order chi connectivity index (χ0) is 39.0. The number of aromatic nitrogens is 4. The number of amides is 4. The molecule has 6 rings (SSSR count). The van der Waals surface area contributed by atoms with Crippen LogP contribution in [0.4, 0.5) is 10.5 Å². The fourth-order valence-electron chi connectivity index (χ4n) is 6.96. The first kappa shape index (κ1) is 39.1. The lowest BCUT2D eigenvalue weighted by atomic mass is 9.81. The van der Waals surface area contributed by atoms with E-state index in [9.17, 15) is 19.2 Å². The summed E-state index contributed by atoms with van der Waals surface area (Å²) >= 11 is 0. The first-order valence-corrected chi connectivity index (χ1v) is 18.9. The summed E-state index contributed by atoms with van der Waals surface area (Å²) in [5, 5.41) is 22.9. The number of hydrogen-bond donors (Lipinski definition) is 4. The summed E-state index contributed by atoms with van der Waals surface area (Å²) in [5.74, 6) is -0.0922. The lowest BCUT2D eigenvalue weighted by molar-refractivity contribution is -0.130. The fourth-order valence-corrected chi connectivity index (χ4v) is 6.96. The summed E-state index contributed by atoms with van der Waals surface area (Å²) in [5.41, 5.74) is 5.16. The van der Waals surface area contributed by atoms with Crippen LogP contribution in [0.1, 0.15) is 67.9 Å². The molecule has 2 heterocycles. The van der Waals surface area contributed by atoms with E-state index in [0.29, 0.717) is 62.8 Å². The summed E-state index contributed by atoms with van der Waals surface area (Å²) in [6.07, 6.45) is 2.68. The summed E-state index contributed by atoms with van der Waals surface area (Å²) in [7, 11) is 0. The Bertz CT molecular complexity index is 1930. The number of nitrogens with zero attached hydrogens (tertiary/aromatic N) is 4. The molecule has 4 amide bonds. The number of alkyl carbamates (subject to hydrolysis) is 1. The Morgan fingerprint density at radius 2 is 1.62 bits per heavy atom. The Morgan fingerprint density at radius 3 is 2.27 bits per heavy atom. The van der Waals surface area contributed by atoms with E-state index in [0.717, 1.165) is 40.7 Å². The zero-order valence-electron chi connectivity index (χ0n) is 31.9. The fraction of sp³-hybridized carbons (Fsp3) is 0.439. The third-order valence-electron chi connectivity index (χ3n) is 10.0. The SMILES string of the molecule is Cc1ccc(C(=O)N2CCOCC2)cc1-c1ccc(C[C@H](NC(=O)C2CCC(CNC(=O)OC(C)(C)C)CC2)C(=O)Nc2ccc(-c3nn[nH]n3)cc2)cc1. The highest BCUT2D eigenvalue weighted by Crippen LogP contribution is 2.30. The number of ether oxygens (including phenoxy) is 2. The van der Waals surface area contributed by atoms with Crippen LogP contribution in [-0.4, -0.2) is 93.8 Å². The number of morpholine rings is 1. The predicted molar refractivity (Wildman–Crippen MR) is 207 cm³/mol. The molecule has 290 valence electrons. The van der Waals surface area contributed by atoms with Crippen molar-refractivity contribution in [2.75, 3.05) is 38.2 Å². The number of tetrazole rings is 1. The van der Waals surface area contributed by atoms with Gasteiger partial charge in [0, 0.05) is 48.8 Å². The van der Waals surface area contributed by atoms with Crippen LogP contribution in [0, 0.1) is 18.8 Å². The van der Waals surface area contributed by atoms with Gasteiger partial charge in [-0.1, -0.05) is 30.3 Å². The average Bonchev–Trinajstić information content (AvgIpc) is 3.73. The van der Waals surface area contributed by atoms with Gasteiger partial charge in [-0.05, 0) is 123 Å². The van der Waals surface area contributed by atoms with E-state index >= 15 is 0 Å². The van der Waals surface area contributed by atoms with Gasteiger partial charge >= 0.3 is 6.09 Å². The molecule has 55 heavy (non-hydrogen) atoms. The lowest BCUT2D eigenvalue weighted by Gasteiger charge is -2.29. The van der Waals surface area contributed by atoms with Gasteiger partial charge in [-0.15, -0.1) is 10.2 Å². The number of anilines is 1. The summed E-state index contributed by atoms with van der Waals surface area (Å²) < 4.78 is 10.8. The van der Waals surface area contributed by atoms with Gasteiger partial charge in [0.2, 0.25) is 17.6 Å². The third-order valence-corrected chi connectivity index (χ3v) is 10.0. The molecular weight excluding hydrogens is 701 g/mol. The molecule has 4 aromatic rings. The van der Waals surface area contributed by atoms with Crippen LogP contribution in [0.5, 0.6) is 0 Å². The van der Waals surface area contributed by atoms with Gasteiger partial charge in [-0.25, -0.2) is 4.79 Å². The van der Waals surface area contributed by atoms with Crippen molar-refractivity contribution in [3.05, 3.63) is 83.4 Å². The number of hydrogen-bond acceptors (Lipinski definition) is 9. The molecule has 0 unspecified atom stereocenters. The average molecular weight is 751 g/mol. The number of nitrogens with one attached hydrogen (secondary N) is 4. The Morgan fingerprint density at radius 1 is 0.927 bits per heavy atom. The van der Waals surface area contributed by atoms with E-state index < -0.39 is 17.7 Å². The Hall–Kier alpha value is -5.63. The maximum atomic E-state index is 13.9. The monoisotopic (exact) mass is 750 g/mol. The largest absolute Gasteiger partial charge is 0.444 e. The number of H-pyrrole nitrogens is 1. The standard InChI is InChI=1S/C41H50N8O6/c1-26-5-10-32(39(52)49-19-21-54-22-20-49)24-34(26)29-11-6-27(7-12-29)23-35(38(51)43-33-17-15-30(16-18-33)36-45-47-48-46-36)44-37(50)31-13-8-28(9-14-31)25-42-40(53)55-41(2,3)4/h5-7,10-12,15-18,24,28,31,35H,8-9,13-14,19-23,25H2,1-4H3,(H,42,53)(H,43,51)(H,44,50)(H,45,46,47,48)/t28?,31?,35-/m0/s1. The highest BCUT2D eigenvalue weighted by atomic mass is 16.6. The van der Waals surface area contributed by atoms with Crippen LogP contribution in [0.25, 0.3) is 22.5 Å². The van der Waals surface area contributed by atoms with Crippen molar-refractivity contribution in [2.24, 2.45) is 11.8 Å². The van der Waals surface area contributed by atoms with Crippen molar-refractivity contribution in [3.63, 3.8) is 0 Å². The zero-order valence-corrected chi connectivity index (χ0v) is 31.9. The van der Waals surface area contributed by atoms with Gasteiger partial charge in [0.25, 0.3) is 5.91 Å². The molecule has 1 aliphatic heterocycles. The molecule has 0 radical (unpaired) electrons. The van der Waals surface area contributed by atoms with Crippen molar-refractivity contribution >= 4 is 29.5 Å². The molecule has 1 atom stereocenters. The Labute approximate surface area is 321 Å². The highest BCUT2D eigenvalue weighted by Gasteiger charge is 2.30. The van der Waals surface area contributed by atoms with Crippen LogP contribution < -0.4 is 16.0 Å². The molecule has 0 bridgehead atoms. The number of benzene rings is 3. The number of aryl methyl sites for hydroxylation is 1. The summed E-state index contributed by atoms with van der Waals surface area (Å²) in [6.45, 7) is 10.2. The molecule has 2 fully saturated rings. The molecule has 3 aromatic carbocycles. The molecule has 1 aromatic heterocycles. The minimum Gasteiger partial charge on any atom is -0.444 e. The second kappa shape index (κ2) is 17.7. The second-order valence-electron chi connectivity index (χ2n) is 15.3. The molecule has 2 aliphatic rings. The van der Waals surface area contributed by atoms with Crippen LogP contribution in [0.15, 0.2) is 66.7 Å². The van der Waals surface area contributed by atoms with Gasteiger partial charge in [0.15, 0.2) is 0 Å². The van der Waals surface area contributed by atoms with Crippen molar-refractivity contribution < 1.29 is 28.7 Å². The molecule has 4 N–H and O–H groups in total. The Kier molecular flexibility index (Phi) is 12.6. The first-order chi connectivity index (χ1) is 26.4. The van der Waals surface area contributed by atoms with Gasteiger partial charge in [0.05, 0.1) is 13.2 Å². The van der Waals surface area contributed by atoms with E-state index in [1.54, 1.807) is 24.3 Å². The van der Waals surface area contributed by atoms with E-state index in [2.05, 4.69) is 36.6 Å². The van der Waals surface area contributed by atoms with E-state index in [-0.39, 0.29) is 36.0 Å². The molecule has 1 saturated heterocycles. The van der Waals surface area contributed by atoms with Crippen LogP contribution in [0.2, 0.25) is 0 Å². The van der Waals surface area contributed by atoms with Gasteiger partial charge in [-0.2, -0.15) is 5.21 Å². The quantitative estimate of drug-likeness (QED) is 0.158. The van der Waals surface area contributed by atoms with Crippen LogP contribution in [0.3, 0.4) is 0 Å². The maximum Gasteiger partial charge on any atom is 0.407 e. The number of aromatic amines is 1. The van der Waals surface area contributed by atoms with Gasteiger partial charge in [0.1, 0.15) is 11.6 Å². The van der Waals surface area contributed by atoms with E-state index in [1.165, 1.54) is 0 Å². The number of carbonyl (C=O) groups is 4. The predicted octanol–water partition coefficient (Wildman–Crippen LogP) is 5.31. The number of rotatable bonds is 11. The molecule has 14 heteroatoms. The minimum absolute atomic E-state index is 0.0128. The minimum atomic E-state index is -0.849. The smallest absolute Gasteiger partial charge is 0.407 e. The highest BCUT2D eigenvalue weighted by molar-refractivity contribution is 5.98. The van der Waals surface area contributed by atoms with E-state index in [4.69, 9.17) is 9.47 Å². The molecular formula is C41H50N8O6. The number of carbonyl (C=O) groups excluding carboxylic acids is 4. The normalized spacial score (nSPS) is 17.9. The maximum absolute atomic E-state index is 13.9. The van der Waals surface area contributed by atoms with Crippen LogP contribution >= 0.6 is 0 Å². The lowest BCUT2D eigenvalue weighted by Crippen LogP contribution is -2.48. The van der Waals surface area contributed by atoms with Crippen molar-refractivity contribution in [1.29, 1.82) is 0 Å². The summed E-state index contributed by atoms with van der Waals surface area (Å²) in [4.78, 5) is 54.7. The summed E-state index contributed by atoms with van der Waals surface area (Å²) in [6, 6.07) is 19.9. The van der Waals surface area contributed by atoms with Gasteiger partial charge in [-0.3, -0.25) is 14.4 Å².